The summed E-state index contributed by atoms with van der Waals surface area (Å²) < 4.78 is 1.08. The predicted octanol–water partition coefficient (Wildman–Crippen LogP) is 1.95. The van der Waals surface area contributed by atoms with Crippen LogP contribution in [-0.4, -0.2) is 28.5 Å². The van der Waals surface area contributed by atoms with Gasteiger partial charge in [-0.1, -0.05) is 0 Å². The highest BCUT2D eigenvalue weighted by Gasteiger charge is 2.23. The first-order chi connectivity index (χ1) is 6.31. The second-order valence-electron chi connectivity index (χ2n) is 2.91. The number of halogens is 1. The van der Waals surface area contributed by atoms with Crippen molar-refractivity contribution in [2.45, 2.75) is 5.92 Å². The number of nitrogens with zero attached hydrogens (tertiary/aromatic N) is 2. The molecule has 1 aliphatic heterocycles. The van der Waals surface area contributed by atoms with Gasteiger partial charge in [-0.05, 0) is 22.6 Å². The number of rotatable bonds is 2. The van der Waals surface area contributed by atoms with Crippen molar-refractivity contribution < 1.29 is 0 Å². The van der Waals surface area contributed by atoms with E-state index in [2.05, 4.69) is 37.9 Å². The molecule has 1 aromatic heterocycles. The molecule has 0 aromatic carbocycles. The molecule has 0 unspecified atom stereocenters. The van der Waals surface area contributed by atoms with E-state index >= 15 is 0 Å². The highest BCUT2D eigenvalue weighted by molar-refractivity contribution is 14.1. The Kier molecular flexibility index (Phi) is 2.92. The fraction of sp³-hybridized carbons (Fsp3) is 0.500. The Hall–Kier alpha value is -0.0400. The van der Waals surface area contributed by atoms with Gasteiger partial charge in [0.25, 0.3) is 0 Å². The Bertz CT molecular complexity index is 314. The van der Waals surface area contributed by atoms with E-state index in [4.69, 9.17) is 0 Å². The Morgan fingerprint density at radius 2 is 2.38 bits per heavy atom. The zero-order valence-electron chi connectivity index (χ0n) is 7.25. The molecule has 1 saturated heterocycles. The summed E-state index contributed by atoms with van der Waals surface area (Å²) in [5.74, 6) is 4.85. The molecule has 0 saturated carbocycles. The molecule has 1 aromatic rings. The minimum Gasteiger partial charge on any atom is -0.372 e. The molecule has 1 aliphatic rings. The SMILES string of the molecule is CNc1nc(C2CSC2)ncc1I. The molecule has 0 radical (unpaired) electrons. The van der Waals surface area contributed by atoms with Crippen molar-refractivity contribution in [3.05, 3.63) is 15.6 Å². The second kappa shape index (κ2) is 4.00. The van der Waals surface area contributed by atoms with Gasteiger partial charge in [-0.15, -0.1) is 0 Å². The minimum atomic E-state index is 0.578. The summed E-state index contributed by atoms with van der Waals surface area (Å²) in [6, 6.07) is 0. The quantitative estimate of drug-likeness (QED) is 0.848. The van der Waals surface area contributed by atoms with E-state index in [1.807, 2.05) is 25.0 Å². The first kappa shape index (κ1) is 9.51. The van der Waals surface area contributed by atoms with Gasteiger partial charge in [0.1, 0.15) is 11.6 Å². The normalized spacial score (nSPS) is 16.8. The van der Waals surface area contributed by atoms with Crippen LogP contribution in [0, 0.1) is 3.57 Å². The maximum atomic E-state index is 4.47. The lowest BCUT2D eigenvalue weighted by Crippen LogP contribution is -2.19. The fourth-order valence-electron chi connectivity index (χ4n) is 1.14. The molecular weight excluding hydrogens is 297 g/mol. The monoisotopic (exact) mass is 307 g/mol. The number of nitrogens with one attached hydrogen (secondary N) is 1. The predicted molar refractivity (Wildman–Crippen MR) is 64.4 cm³/mol. The third-order valence-electron chi connectivity index (χ3n) is 2.00. The van der Waals surface area contributed by atoms with Gasteiger partial charge >= 0.3 is 0 Å². The second-order valence-corrected chi connectivity index (χ2v) is 5.15. The lowest BCUT2D eigenvalue weighted by molar-refractivity contribution is 0.763. The summed E-state index contributed by atoms with van der Waals surface area (Å²) in [6.07, 6.45) is 1.89. The highest BCUT2D eigenvalue weighted by Crippen LogP contribution is 2.32. The third-order valence-corrected chi connectivity index (χ3v) is 4.07. The first-order valence-corrected chi connectivity index (χ1v) is 6.32. The van der Waals surface area contributed by atoms with Crippen LogP contribution in [0.4, 0.5) is 5.82 Å². The summed E-state index contributed by atoms with van der Waals surface area (Å²) >= 11 is 4.19. The Morgan fingerprint density at radius 1 is 1.62 bits per heavy atom. The van der Waals surface area contributed by atoms with E-state index < -0.39 is 0 Å². The van der Waals surface area contributed by atoms with Gasteiger partial charge in [0.05, 0.1) is 3.57 Å². The fourth-order valence-corrected chi connectivity index (χ4v) is 2.44. The molecular formula is C8H10IN3S. The van der Waals surface area contributed by atoms with Crippen molar-refractivity contribution in [3.8, 4) is 0 Å². The molecule has 1 fully saturated rings. The van der Waals surface area contributed by atoms with Crippen LogP contribution in [0.2, 0.25) is 0 Å². The number of thioether (sulfide) groups is 1. The molecule has 2 rings (SSSR count). The average molecular weight is 307 g/mol. The number of aromatic nitrogens is 2. The lowest BCUT2D eigenvalue weighted by atomic mass is 10.2. The molecule has 1 N–H and O–H groups in total. The van der Waals surface area contributed by atoms with Gasteiger partial charge in [0, 0.05) is 30.7 Å². The van der Waals surface area contributed by atoms with Gasteiger partial charge in [0.15, 0.2) is 0 Å². The zero-order valence-corrected chi connectivity index (χ0v) is 10.2. The number of hydrogen-bond donors (Lipinski definition) is 1. The first-order valence-electron chi connectivity index (χ1n) is 4.09. The molecule has 70 valence electrons. The Morgan fingerprint density at radius 3 is 2.92 bits per heavy atom. The Labute approximate surface area is 95.3 Å². The van der Waals surface area contributed by atoms with Crippen LogP contribution in [0.25, 0.3) is 0 Å². The van der Waals surface area contributed by atoms with E-state index in [0.29, 0.717) is 5.92 Å². The maximum absolute atomic E-state index is 4.47. The summed E-state index contributed by atoms with van der Waals surface area (Å²) in [7, 11) is 1.89. The third kappa shape index (κ3) is 1.90. The number of hydrogen-bond acceptors (Lipinski definition) is 4. The van der Waals surface area contributed by atoms with Gasteiger partial charge in [-0.25, -0.2) is 9.97 Å². The summed E-state index contributed by atoms with van der Waals surface area (Å²) in [6.45, 7) is 0. The van der Waals surface area contributed by atoms with Crippen LogP contribution >= 0.6 is 34.4 Å². The van der Waals surface area contributed by atoms with Crippen LogP contribution in [0.15, 0.2) is 6.20 Å². The molecule has 2 heterocycles. The molecule has 0 aliphatic carbocycles. The van der Waals surface area contributed by atoms with Crippen molar-refractivity contribution in [1.82, 2.24) is 9.97 Å². The van der Waals surface area contributed by atoms with Crippen LogP contribution in [0.1, 0.15) is 11.7 Å². The molecule has 5 heteroatoms. The van der Waals surface area contributed by atoms with Gasteiger partial charge in [-0.3, -0.25) is 0 Å². The topological polar surface area (TPSA) is 37.8 Å². The lowest BCUT2D eigenvalue weighted by Gasteiger charge is -2.23. The van der Waals surface area contributed by atoms with E-state index in [0.717, 1.165) is 15.2 Å². The zero-order chi connectivity index (χ0) is 9.26. The van der Waals surface area contributed by atoms with Crippen LogP contribution in [-0.2, 0) is 0 Å². The Balaban J connectivity index is 2.26. The molecule has 0 amide bonds. The van der Waals surface area contributed by atoms with Crippen molar-refractivity contribution in [2.75, 3.05) is 23.9 Å². The average Bonchev–Trinajstić information content (AvgIpc) is 2.05. The number of anilines is 1. The van der Waals surface area contributed by atoms with E-state index in [9.17, 15) is 0 Å². The van der Waals surface area contributed by atoms with Crippen LogP contribution in [0.5, 0.6) is 0 Å². The molecule has 0 bridgehead atoms. The summed E-state index contributed by atoms with van der Waals surface area (Å²) in [4.78, 5) is 8.81. The maximum Gasteiger partial charge on any atom is 0.142 e. The smallest absolute Gasteiger partial charge is 0.142 e. The van der Waals surface area contributed by atoms with Crippen LogP contribution < -0.4 is 5.32 Å². The summed E-state index contributed by atoms with van der Waals surface area (Å²) in [5, 5.41) is 3.07. The molecule has 0 spiro atoms. The standard InChI is InChI=1S/C8H10IN3S/c1-10-8-6(9)2-11-7(12-8)5-3-13-4-5/h2,5H,3-4H2,1H3,(H,10,11,12). The largest absolute Gasteiger partial charge is 0.372 e. The van der Waals surface area contributed by atoms with Crippen molar-refractivity contribution in [3.63, 3.8) is 0 Å². The van der Waals surface area contributed by atoms with Gasteiger partial charge in [0.2, 0.25) is 0 Å². The van der Waals surface area contributed by atoms with E-state index in [-0.39, 0.29) is 0 Å². The minimum absolute atomic E-state index is 0.578. The van der Waals surface area contributed by atoms with E-state index in [1.165, 1.54) is 11.5 Å². The van der Waals surface area contributed by atoms with Gasteiger partial charge in [-0.2, -0.15) is 11.8 Å². The highest BCUT2D eigenvalue weighted by atomic mass is 127. The van der Waals surface area contributed by atoms with Crippen LogP contribution in [0.3, 0.4) is 0 Å². The van der Waals surface area contributed by atoms with Gasteiger partial charge < -0.3 is 5.32 Å². The van der Waals surface area contributed by atoms with Crippen molar-refractivity contribution in [1.29, 1.82) is 0 Å². The molecule has 3 nitrogen and oxygen atoms in total. The molecule has 13 heavy (non-hydrogen) atoms. The van der Waals surface area contributed by atoms with Crippen molar-refractivity contribution >= 4 is 40.2 Å². The summed E-state index contributed by atoms with van der Waals surface area (Å²) in [5.41, 5.74) is 0. The molecule has 0 atom stereocenters. The van der Waals surface area contributed by atoms with E-state index in [1.54, 1.807) is 0 Å². The van der Waals surface area contributed by atoms with Crippen molar-refractivity contribution in [2.24, 2.45) is 0 Å².